The van der Waals surface area contributed by atoms with Crippen LogP contribution in [0.25, 0.3) is 5.52 Å². The van der Waals surface area contributed by atoms with Crippen molar-refractivity contribution in [3.63, 3.8) is 0 Å². The normalized spacial score (nSPS) is 26.5. The highest BCUT2D eigenvalue weighted by atomic mass is 31.2. The number of nitrogens with one attached hydrogen (secondary N) is 1. The van der Waals surface area contributed by atoms with Gasteiger partial charge in [-0.2, -0.15) is 10.4 Å². The minimum absolute atomic E-state index is 0.0832. The van der Waals surface area contributed by atoms with Gasteiger partial charge in [-0.1, -0.05) is 18.2 Å². The molecule has 5 atom stereocenters. The van der Waals surface area contributed by atoms with Crippen molar-refractivity contribution in [2.24, 2.45) is 0 Å². The minimum atomic E-state index is -4.24. The maximum atomic E-state index is 13.5. The molecule has 1 unspecified atom stereocenters. The fourth-order valence-electron chi connectivity index (χ4n) is 4.11. The standard InChI is InChI=1S/C23H27N6O8P/c1-3-34-19(30)11-28-38(33,37-15-7-5-4-6-8-15)35-12-17-20(31)22(2,32)23(13-24,36-17)18-10-9-16-21(25)26-14-27-29(16)18/h4-10,14,17,20,31-32H,3,11-12H2,1-2H3,(H,28,33)(H2,25,26,27)/t17-,20-,22-,23+,38?/m1/s1. The second kappa shape index (κ2) is 10.7. The molecule has 4 rings (SSSR count). The Morgan fingerprint density at radius 2 is 2.08 bits per heavy atom. The zero-order chi connectivity index (χ0) is 27.6. The molecule has 0 amide bonds. The van der Waals surface area contributed by atoms with Crippen LogP contribution in [0.5, 0.6) is 5.75 Å². The summed E-state index contributed by atoms with van der Waals surface area (Å²) in [5.74, 6) is -0.391. The van der Waals surface area contributed by atoms with Gasteiger partial charge in [0.25, 0.3) is 0 Å². The fraction of sp³-hybridized carbons (Fsp3) is 0.391. The molecule has 1 aliphatic rings. The molecule has 0 spiro atoms. The van der Waals surface area contributed by atoms with Gasteiger partial charge in [0.1, 0.15) is 48.0 Å². The summed E-state index contributed by atoms with van der Waals surface area (Å²) in [5.41, 5.74) is 2.03. The number of esters is 1. The molecule has 15 heteroatoms. The van der Waals surface area contributed by atoms with Crippen LogP contribution in [0.2, 0.25) is 0 Å². The molecular formula is C23H27N6O8P. The number of carbonyl (C=O) groups is 1. The van der Waals surface area contributed by atoms with Crippen molar-refractivity contribution in [2.75, 3.05) is 25.5 Å². The van der Waals surface area contributed by atoms with Crippen molar-refractivity contribution in [2.45, 2.75) is 37.3 Å². The van der Waals surface area contributed by atoms with Crippen molar-refractivity contribution in [3.05, 3.63) is 54.5 Å². The summed E-state index contributed by atoms with van der Waals surface area (Å²) in [4.78, 5) is 15.8. The largest absolute Gasteiger partial charge is 0.465 e. The van der Waals surface area contributed by atoms with Crippen molar-refractivity contribution < 1.29 is 38.1 Å². The molecule has 0 saturated carbocycles. The number of nitrogens with two attached hydrogens (primary N) is 1. The molecule has 1 fully saturated rings. The second-order valence-electron chi connectivity index (χ2n) is 8.54. The first kappa shape index (κ1) is 27.5. The number of hydrogen-bond acceptors (Lipinski definition) is 12. The van der Waals surface area contributed by atoms with Gasteiger partial charge in [0.15, 0.2) is 5.82 Å². The predicted octanol–water partition coefficient (Wildman–Crippen LogP) is 0.897. The smallest absolute Gasteiger partial charge is 0.459 e. The number of nitrogen functional groups attached to an aromatic ring is 1. The lowest BCUT2D eigenvalue weighted by atomic mass is 9.80. The van der Waals surface area contributed by atoms with E-state index < -0.39 is 50.3 Å². The molecule has 2 aromatic heterocycles. The van der Waals surface area contributed by atoms with Gasteiger partial charge in [0.05, 0.1) is 18.9 Å². The van der Waals surface area contributed by atoms with Gasteiger partial charge in [0.2, 0.25) is 5.60 Å². The van der Waals surface area contributed by atoms with Gasteiger partial charge in [-0.3, -0.25) is 9.32 Å². The number of rotatable bonds is 10. The Kier molecular flexibility index (Phi) is 7.70. The molecule has 38 heavy (non-hydrogen) atoms. The highest BCUT2D eigenvalue weighted by Crippen LogP contribution is 2.50. The lowest BCUT2D eigenvalue weighted by Crippen LogP contribution is -2.52. The molecular weight excluding hydrogens is 519 g/mol. The van der Waals surface area contributed by atoms with E-state index in [4.69, 9.17) is 24.3 Å². The lowest BCUT2D eigenvalue weighted by molar-refractivity contribution is -0.141. The molecule has 5 N–H and O–H groups in total. The fourth-order valence-corrected chi connectivity index (χ4v) is 5.39. The van der Waals surface area contributed by atoms with Crippen LogP contribution in [0.1, 0.15) is 19.5 Å². The number of anilines is 1. The summed E-state index contributed by atoms with van der Waals surface area (Å²) >= 11 is 0. The molecule has 1 aliphatic heterocycles. The number of para-hydroxylation sites is 1. The third kappa shape index (κ3) is 4.95. The number of ether oxygens (including phenoxy) is 2. The summed E-state index contributed by atoms with van der Waals surface area (Å²) in [7, 11) is -4.24. The predicted molar refractivity (Wildman–Crippen MR) is 131 cm³/mol. The van der Waals surface area contributed by atoms with Crippen molar-refractivity contribution in [3.8, 4) is 11.8 Å². The van der Waals surface area contributed by atoms with Crippen LogP contribution >= 0.6 is 7.75 Å². The first-order chi connectivity index (χ1) is 18.1. The van der Waals surface area contributed by atoms with Gasteiger partial charge in [-0.25, -0.2) is 19.2 Å². The van der Waals surface area contributed by atoms with E-state index in [0.29, 0.717) is 5.52 Å². The average Bonchev–Trinajstić information content (AvgIpc) is 3.41. The van der Waals surface area contributed by atoms with Crippen LogP contribution in [0.3, 0.4) is 0 Å². The maximum Gasteiger partial charge on any atom is 0.459 e. The highest BCUT2D eigenvalue weighted by molar-refractivity contribution is 7.52. The zero-order valence-corrected chi connectivity index (χ0v) is 21.4. The third-order valence-electron chi connectivity index (χ3n) is 6.07. The van der Waals surface area contributed by atoms with Crippen LogP contribution in [0.15, 0.2) is 48.8 Å². The van der Waals surface area contributed by atoms with E-state index in [0.717, 1.165) is 0 Å². The number of fused-ring (bicyclic) bond motifs is 1. The van der Waals surface area contributed by atoms with Crippen molar-refractivity contribution >= 4 is 25.1 Å². The first-order valence-corrected chi connectivity index (χ1v) is 13.1. The van der Waals surface area contributed by atoms with Crippen LogP contribution in [-0.4, -0.2) is 68.3 Å². The summed E-state index contributed by atoms with van der Waals surface area (Å²) in [6, 6.07) is 13.0. The van der Waals surface area contributed by atoms with Crippen LogP contribution in [0, 0.1) is 11.3 Å². The molecule has 1 aromatic carbocycles. The monoisotopic (exact) mass is 546 g/mol. The third-order valence-corrected chi connectivity index (χ3v) is 7.55. The molecule has 3 aromatic rings. The van der Waals surface area contributed by atoms with E-state index >= 15 is 0 Å². The van der Waals surface area contributed by atoms with E-state index in [1.165, 1.54) is 36.0 Å². The molecule has 3 heterocycles. The summed E-state index contributed by atoms with van der Waals surface area (Å²) in [5, 5.41) is 39.0. The molecule has 1 saturated heterocycles. The number of nitrogens with zero attached hydrogens (tertiary/aromatic N) is 4. The number of carbonyl (C=O) groups excluding carboxylic acids is 1. The Bertz CT molecular complexity index is 1390. The van der Waals surface area contributed by atoms with Crippen molar-refractivity contribution in [1.29, 1.82) is 5.26 Å². The molecule has 0 bridgehead atoms. The van der Waals surface area contributed by atoms with E-state index in [9.17, 15) is 24.8 Å². The molecule has 202 valence electrons. The number of benzene rings is 1. The molecule has 14 nitrogen and oxygen atoms in total. The number of aromatic nitrogens is 3. The van der Waals surface area contributed by atoms with Crippen molar-refractivity contribution in [1.82, 2.24) is 19.7 Å². The highest BCUT2D eigenvalue weighted by Gasteiger charge is 2.65. The Morgan fingerprint density at radius 1 is 1.34 bits per heavy atom. The number of nitriles is 1. The first-order valence-electron chi connectivity index (χ1n) is 11.5. The van der Waals surface area contributed by atoms with Crippen LogP contribution < -0.4 is 15.3 Å². The van der Waals surface area contributed by atoms with E-state index in [2.05, 4.69) is 15.2 Å². The van der Waals surface area contributed by atoms with Crippen LogP contribution in [0.4, 0.5) is 5.82 Å². The molecule has 0 radical (unpaired) electrons. The van der Waals surface area contributed by atoms with Gasteiger partial charge in [-0.15, -0.1) is 0 Å². The summed E-state index contributed by atoms with van der Waals surface area (Å²) in [6.07, 6.45) is -1.86. The summed E-state index contributed by atoms with van der Waals surface area (Å²) in [6.45, 7) is 1.87. The van der Waals surface area contributed by atoms with E-state index in [1.54, 1.807) is 31.2 Å². The number of hydrogen-bond donors (Lipinski definition) is 4. The van der Waals surface area contributed by atoms with E-state index in [-0.39, 0.29) is 23.9 Å². The van der Waals surface area contributed by atoms with Gasteiger partial charge < -0.3 is 29.9 Å². The quantitative estimate of drug-likeness (QED) is 0.206. The van der Waals surface area contributed by atoms with Gasteiger partial charge >= 0.3 is 13.7 Å². The number of aliphatic hydroxyl groups is 2. The Hall–Kier alpha value is -3.57. The Labute approximate surface area is 217 Å². The number of aliphatic hydroxyl groups excluding tert-OH is 1. The Balaban J connectivity index is 1.60. The zero-order valence-electron chi connectivity index (χ0n) is 20.6. The topological polar surface area (TPSA) is 204 Å². The molecule has 0 aliphatic carbocycles. The second-order valence-corrected chi connectivity index (χ2v) is 10.3. The van der Waals surface area contributed by atoms with E-state index in [1.807, 2.05) is 6.07 Å². The lowest BCUT2D eigenvalue weighted by Gasteiger charge is -2.33. The van der Waals surface area contributed by atoms with Crippen LogP contribution in [-0.2, 0) is 29.0 Å². The SMILES string of the molecule is CCOC(=O)CNP(=O)(OC[C@H]1O[C@@](C#N)(c2ccc3c(N)ncnn23)[C@](C)(O)[C@@H]1O)Oc1ccccc1. The van der Waals surface area contributed by atoms with Gasteiger partial charge in [-0.05, 0) is 38.1 Å². The average molecular weight is 546 g/mol. The summed E-state index contributed by atoms with van der Waals surface area (Å²) < 4.78 is 36.6. The maximum absolute atomic E-state index is 13.5. The Morgan fingerprint density at radius 3 is 2.76 bits per heavy atom. The minimum Gasteiger partial charge on any atom is -0.465 e. The van der Waals surface area contributed by atoms with Gasteiger partial charge in [0, 0.05) is 0 Å².